The summed E-state index contributed by atoms with van der Waals surface area (Å²) in [4.78, 5) is 38.5. The van der Waals surface area contributed by atoms with Gasteiger partial charge >= 0.3 is 11.8 Å². The molecule has 0 atom stereocenters. The van der Waals surface area contributed by atoms with E-state index in [0.29, 0.717) is 10.4 Å². The van der Waals surface area contributed by atoms with Crippen LogP contribution in [0.15, 0.2) is 31.0 Å². The summed E-state index contributed by atoms with van der Waals surface area (Å²) < 4.78 is 12.7. The van der Waals surface area contributed by atoms with Gasteiger partial charge in [-0.1, -0.05) is 24.4 Å². The predicted octanol–water partition coefficient (Wildman–Crippen LogP) is 3.34. The lowest BCUT2D eigenvalue weighted by molar-refractivity contribution is 0.0525. The summed E-state index contributed by atoms with van der Waals surface area (Å²) in [6.45, 7) is 4.97. The molecule has 1 saturated carbocycles. The number of anilines is 1. The maximum Gasteiger partial charge on any atom is 0.422 e. The minimum Gasteiger partial charge on any atom is -0.443 e. The fourth-order valence-corrected chi connectivity index (χ4v) is 3.59. The van der Waals surface area contributed by atoms with E-state index >= 15 is 0 Å². The fourth-order valence-electron chi connectivity index (χ4n) is 3.27. The maximum atomic E-state index is 13.0. The maximum absolute atomic E-state index is 13.0. The van der Waals surface area contributed by atoms with Crippen LogP contribution in [-0.4, -0.2) is 32.0 Å². The standard InChI is InChI=1S/C19H25BrN4O5/c1-19(2,3)28-18(27)24-11-14(21-12-7-5-4-6-8-12)16(25)23(17(24)26)10-13-9-15(20)22-29-13/h9,11-12,21H,4-8,10H2,1-3H3. The number of carbonyl (C=O) groups excluding carboxylic acids is 1. The van der Waals surface area contributed by atoms with Crippen LogP contribution in [0.3, 0.4) is 0 Å². The molecule has 2 aromatic rings. The second-order valence-corrected chi connectivity index (χ2v) is 8.97. The normalized spacial score (nSPS) is 15.3. The van der Waals surface area contributed by atoms with Crippen molar-refractivity contribution >= 4 is 27.7 Å². The van der Waals surface area contributed by atoms with Gasteiger partial charge in [-0.15, -0.1) is 0 Å². The summed E-state index contributed by atoms with van der Waals surface area (Å²) in [5.41, 5.74) is -1.93. The number of carbonyl (C=O) groups is 1. The van der Waals surface area contributed by atoms with E-state index in [1.165, 1.54) is 12.6 Å². The molecule has 2 aromatic heterocycles. The van der Waals surface area contributed by atoms with Crippen LogP contribution in [0, 0.1) is 0 Å². The zero-order valence-electron chi connectivity index (χ0n) is 16.7. The quantitative estimate of drug-likeness (QED) is 0.732. The van der Waals surface area contributed by atoms with Gasteiger partial charge in [0, 0.05) is 18.3 Å². The van der Waals surface area contributed by atoms with E-state index < -0.39 is 22.9 Å². The fraction of sp³-hybridized carbons (Fsp3) is 0.579. The van der Waals surface area contributed by atoms with Gasteiger partial charge in [0.2, 0.25) is 0 Å². The van der Waals surface area contributed by atoms with E-state index in [9.17, 15) is 14.4 Å². The Morgan fingerprint density at radius 3 is 2.59 bits per heavy atom. The topological polar surface area (TPSA) is 108 Å². The Labute approximate surface area is 176 Å². The molecule has 0 amide bonds. The number of rotatable bonds is 4. The van der Waals surface area contributed by atoms with Gasteiger partial charge in [-0.05, 0) is 49.5 Å². The lowest BCUT2D eigenvalue weighted by Crippen LogP contribution is -2.45. The summed E-state index contributed by atoms with van der Waals surface area (Å²) >= 11 is 3.17. The molecule has 1 N–H and O–H groups in total. The van der Waals surface area contributed by atoms with Gasteiger partial charge in [0.05, 0.1) is 6.54 Å². The van der Waals surface area contributed by atoms with Gasteiger partial charge in [-0.25, -0.2) is 14.2 Å². The largest absolute Gasteiger partial charge is 0.443 e. The van der Waals surface area contributed by atoms with Crippen molar-refractivity contribution in [3.63, 3.8) is 0 Å². The van der Waals surface area contributed by atoms with Gasteiger partial charge < -0.3 is 14.6 Å². The molecule has 0 unspecified atom stereocenters. The van der Waals surface area contributed by atoms with Crippen LogP contribution in [0.5, 0.6) is 0 Å². The lowest BCUT2D eigenvalue weighted by Gasteiger charge is -2.24. The Balaban J connectivity index is 2.03. The molecule has 1 aliphatic carbocycles. The molecule has 1 aliphatic rings. The zero-order chi connectivity index (χ0) is 21.2. The molecule has 9 nitrogen and oxygen atoms in total. The smallest absolute Gasteiger partial charge is 0.422 e. The molecular formula is C19H25BrN4O5. The average molecular weight is 469 g/mol. The van der Waals surface area contributed by atoms with Crippen molar-refractivity contribution < 1.29 is 14.1 Å². The predicted molar refractivity (Wildman–Crippen MR) is 110 cm³/mol. The van der Waals surface area contributed by atoms with Crippen LogP contribution in [0.1, 0.15) is 58.6 Å². The van der Waals surface area contributed by atoms with E-state index in [-0.39, 0.29) is 18.3 Å². The molecule has 0 bridgehead atoms. The van der Waals surface area contributed by atoms with E-state index in [1.54, 1.807) is 26.8 Å². The van der Waals surface area contributed by atoms with Crippen molar-refractivity contribution in [2.45, 2.75) is 71.1 Å². The van der Waals surface area contributed by atoms with Crippen molar-refractivity contribution in [2.24, 2.45) is 0 Å². The highest BCUT2D eigenvalue weighted by molar-refractivity contribution is 9.10. The summed E-state index contributed by atoms with van der Waals surface area (Å²) in [5, 5.41) is 6.91. The first-order chi connectivity index (χ1) is 13.6. The van der Waals surface area contributed by atoms with Crippen molar-refractivity contribution in [1.82, 2.24) is 14.3 Å². The number of aromatic nitrogens is 3. The minimum atomic E-state index is -0.846. The highest BCUT2D eigenvalue weighted by atomic mass is 79.9. The number of ether oxygens (including phenoxy) is 1. The number of nitrogens with zero attached hydrogens (tertiary/aromatic N) is 3. The first-order valence-corrected chi connectivity index (χ1v) is 10.4. The molecular weight excluding hydrogens is 444 g/mol. The Morgan fingerprint density at radius 2 is 2.00 bits per heavy atom. The minimum absolute atomic E-state index is 0.119. The van der Waals surface area contributed by atoms with E-state index in [1.807, 2.05) is 0 Å². The van der Waals surface area contributed by atoms with Gasteiger partial charge in [0.1, 0.15) is 15.9 Å². The number of hydrogen-bond donors (Lipinski definition) is 1. The highest BCUT2D eigenvalue weighted by Crippen LogP contribution is 2.20. The summed E-state index contributed by atoms with van der Waals surface area (Å²) in [7, 11) is 0. The van der Waals surface area contributed by atoms with E-state index in [0.717, 1.165) is 34.8 Å². The molecule has 29 heavy (non-hydrogen) atoms. The Morgan fingerprint density at radius 1 is 1.31 bits per heavy atom. The van der Waals surface area contributed by atoms with Gasteiger partial charge in [0.25, 0.3) is 5.56 Å². The average Bonchev–Trinajstić information content (AvgIpc) is 3.05. The number of nitrogens with one attached hydrogen (secondary N) is 1. The summed E-state index contributed by atoms with van der Waals surface area (Å²) in [5.74, 6) is 0.307. The Hall–Kier alpha value is -2.36. The molecule has 1 fully saturated rings. The number of halogens is 1. The third-order valence-corrected chi connectivity index (χ3v) is 4.94. The zero-order valence-corrected chi connectivity index (χ0v) is 18.3. The molecule has 0 saturated heterocycles. The second-order valence-electron chi connectivity index (χ2n) is 8.16. The monoisotopic (exact) mass is 468 g/mol. The van der Waals surface area contributed by atoms with Crippen molar-refractivity contribution in [3.05, 3.63) is 43.5 Å². The molecule has 10 heteroatoms. The molecule has 0 spiro atoms. The second kappa shape index (κ2) is 8.56. The van der Waals surface area contributed by atoms with Crippen LogP contribution in [-0.2, 0) is 11.3 Å². The molecule has 0 radical (unpaired) electrons. The highest BCUT2D eigenvalue weighted by Gasteiger charge is 2.24. The summed E-state index contributed by atoms with van der Waals surface area (Å²) in [6.07, 6.45) is 5.56. The van der Waals surface area contributed by atoms with Crippen LogP contribution >= 0.6 is 15.9 Å². The third-order valence-electron chi connectivity index (χ3n) is 4.57. The first-order valence-electron chi connectivity index (χ1n) is 9.61. The molecule has 3 rings (SSSR count). The first kappa shape index (κ1) is 21.4. The Kier molecular flexibility index (Phi) is 6.30. The molecule has 0 aliphatic heterocycles. The van der Waals surface area contributed by atoms with Crippen LogP contribution in [0.2, 0.25) is 0 Å². The molecule has 2 heterocycles. The van der Waals surface area contributed by atoms with Crippen molar-refractivity contribution in [3.8, 4) is 0 Å². The Bertz CT molecular complexity index is 995. The van der Waals surface area contributed by atoms with Crippen molar-refractivity contribution in [2.75, 3.05) is 5.32 Å². The van der Waals surface area contributed by atoms with E-state index in [2.05, 4.69) is 26.4 Å². The van der Waals surface area contributed by atoms with Gasteiger partial charge in [-0.2, -0.15) is 0 Å². The lowest BCUT2D eigenvalue weighted by atomic mass is 9.95. The third kappa shape index (κ3) is 5.37. The van der Waals surface area contributed by atoms with Crippen LogP contribution in [0.4, 0.5) is 10.5 Å². The van der Waals surface area contributed by atoms with Gasteiger partial charge in [-0.3, -0.25) is 9.36 Å². The van der Waals surface area contributed by atoms with Crippen LogP contribution in [0.25, 0.3) is 0 Å². The van der Waals surface area contributed by atoms with Crippen molar-refractivity contribution in [1.29, 1.82) is 0 Å². The molecule has 0 aromatic carbocycles. The molecule has 158 valence electrons. The van der Waals surface area contributed by atoms with Crippen LogP contribution < -0.4 is 16.6 Å². The van der Waals surface area contributed by atoms with Gasteiger partial charge in [0.15, 0.2) is 5.76 Å². The summed E-state index contributed by atoms with van der Waals surface area (Å²) in [6, 6.07) is 1.68. The van der Waals surface area contributed by atoms with E-state index in [4.69, 9.17) is 9.26 Å². The SMILES string of the molecule is CC(C)(C)OC(=O)n1cc(NC2CCCCC2)c(=O)n(Cc2cc(Br)no2)c1=O. The number of hydrogen-bond acceptors (Lipinski definition) is 7.